The minimum absolute atomic E-state index is 0.00472. The normalized spacial score (nSPS) is 10.2. The Labute approximate surface area is 124 Å². The number of nitrogen functional groups attached to an aromatic ring is 1. The number of para-hydroxylation sites is 1. The molecule has 0 atom stereocenters. The van der Waals surface area contributed by atoms with Crippen molar-refractivity contribution in [1.82, 2.24) is 0 Å². The number of rotatable bonds is 3. The molecular weight excluding hydrogens is 297 g/mol. The predicted molar refractivity (Wildman–Crippen MR) is 78.7 cm³/mol. The Bertz CT molecular complexity index is 734. The van der Waals surface area contributed by atoms with E-state index in [0.29, 0.717) is 5.69 Å². The van der Waals surface area contributed by atoms with Crippen LogP contribution in [0.5, 0.6) is 0 Å². The summed E-state index contributed by atoms with van der Waals surface area (Å²) in [4.78, 5) is 23.1. The lowest BCUT2D eigenvalue weighted by Gasteiger charge is -2.09. The van der Waals surface area contributed by atoms with Gasteiger partial charge in [0.15, 0.2) is 0 Å². The standard InChI is InChI=1S/C14H11ClFN3O2/c15-10-6-7(4-5-8(10)13(18)20)19-14(21)9-2-1-3-11(16)12(9)17/h1-6H,17H2,(H2,18,20)(H,19,21). The Morgan fingerprint density at radius 1 is 1.14 bits per heavy atom. The smallest absolute Gasteiger partial charge is 0.257 e. The summed E-state index contributed by atoms with van der Waals surface area (Å²) in [5.41, 5.74) is 10.9. The number of primary amides is 1. The number of carbonyl (C=O) groups is 2. The number of nitrogens with one attached hydrogen (secondary N) is 1. The summed E-state index contributed by atoms with van der Waals surface area (Å²) in [6.07, 6.45) is 0. The zero-order valence-electron chi connectivity index (χ0n) is 10.7. The van der Waals surface area contributed by atoms with Gasteiger partial charge in [0, 0.05) is 5.69 Å². The van der Waals surface area contributed by atoms with Crippen molar-refractivity contribution in [3.8, 4) is 0 Å². The van der Waals surface area contributed by atoms with Gasteiger partial charge in [-0.15, -0.1) is 0 Å². The molecule has 108 valence electrons. The van der Waals surface area contributed by atoms with Gasteiger partial charge in [-0.05, 0) is 30.3 Å². The molecule has 0 radical (unpaired) electrons. The van der Waals surface area contributed by atoms with Crippen LogP contribution in [-0.2, 0) is 0 Å². The van der Waals surface area contributed by atoms with Crippen LogP contribution in [0.2, 0.25) is 5.02 Å². The van der Waals surface area contributed by atoms with E-state index in [9.17, 15) is 14.0 Å². The van der Waals surface area contributed by atoms with Crippen LogP contribution in [0.1, 0.15) is 20.7 Å². The van der Waals surface area contributed by atoms with Crippen molar-refractivity contribution in [1.29, 1.82) is 0 Å². The summed E-state index contributed by atoms with van der Waals surface area (Å²) in [6, 6.07) is 8.14. The van der Waals surface area contributed by atoms with Gasteiger partial charge in [-0.1, -0.05) is 17.7 Å². The summed E-state index contributed by atoms with van der Waals surface area (Å²) in [5.74, 6) is -1.94. The SMILES string of the molecule is NC(=O)c1ccc(NC(=O)c2cccc(F)c2N)cc1Cl. The van der Waals surface area contributed by atoms with Gasteiger partial charge in [0.1, 0.15) is 5.82 Å². The van der Waals surface area contributed by atoms with Crippen LogP contribution in [0.15, 0.2) is 36.4 Å². The first kappa shape index (κ1) is 14.8. The molecule has 0 unspecified atom stereocenters. The Balaban J connectivity index is 2.26. The molecule has 0 aliphatic carbocycles. The molecule has 0 spiro atoms. The maximum atomic E-state index is 13.3. The van der Waals surface area contributed by atoms with Gasteiger partial charge in [0.05, 0.1) is 21.8 Å². The third kappa shape index (κ3) is 3.11. The maximum Gasteiger partial charge on any atom is 0.257 e. The second-order valence-corrected chi connectivity index (χ2v) is 4.62. The van der Waals surface area contributed by atoms with E-state index < -0.39 is 17.6 Å². The molecule has 2 aromatic carbocycles. The largest absolute Gasteiger partial charge is 0.396 e. The highest BCUT2D eigenvalue weighted by Crippen LogP contribution is 2.22. The molecule has 2 amide bonds. The number of hydrogen-bond acceptors (Lipinski definition) is 3. The molecule has 21 heavy (non-hydrogen) atoms. The average molecular weight is 308 g/mol. The van der Waals surface area contributed by atoms with E-state index in [4.69, 9.17) is 23.1 Å². The fraction of sp³-hybridized carbons (Fsp3) is 0. The summed E-state index contributed by atoms with van der Waals surface area (Å²) < 4.78 is 13.3. The number of hydrogen-bond donors (Lipinski definition) is 3. The van der Waals surface area contributed by atoms with Crippen LogP contribution >= 0.6 is 11.6 Å². The van der Waals surface area contributed by atoms with E-state index in [1.807, 2.05) is 0 Å². The molecule has 0 bridgehead atoms. The molecule has 0 aliphatic rings. The third-order valence-electron chi connectivity index (χ3n) is 2.79. The molecule has 0 saturated heterocycles. The second-order valence-electron chi connectivity index (χ2n) is 4.21. The van der Waals surface area contributed by atoms with Gasteiger partial charge >= 0.3 is 0 Å². The highest BCUT2D eigenvalue weighted by molar-refractivity contribution is 6.34. The number of nitrogens with two attached hydrogens (primary N) is 2. The first-order chi connectivity index (χ1) is 9.90. The molecule has 2 aromatic rings. The quantitative estimate of drug-likeness (QED) is 0.759. The zero-order chi connectivity index (χ0) is 15.6. The van der Waals surface area contributed by atoms with Crippen LogP contribution in [0.3, 0.4) is 0 Å². The Hall–Kier alpha value is -2.60. The third-order valence-corrected chi connectivity index (χ3v) is 3.10. The van der Waals surface area contributed by atoms with Gasteiger partial charge < -0.3 is 16.8 Å². The molecule has 2 rings (SSSR count). The first-order valence-electron chi connectivity index (χ1n) is 5.85. The molecular formula is C14H11ClFN3O2. The summed E-state index contributed by atoms with van der Waals surface area (Å²) in [5, 5.41) is 2.62. The highest BCUT2D eigenvalue weighted by Gasteiger charge is 2.14. The minimum atomic E-state index is -0.676. The van der Waals surface area contributed by atoms with E-state index in [1.165, 1.54) is 30.3 Å². The van der Waals surface area contributed by atoms with Crippen molar-refractivity contribution >= 4 is 34.8 Å². The summed E-state index contributed by atoms with van der Waals surface area (Å²) in [7, 11) is 0. The van der Waals surface area contributed by atoms with Crippen molar-refractivity contribution in [3.63, 3.8) is 0 Å². The number of benzene rings is 2. The fourth-order valence-electron chi connectivity index (χ4n) is 1.73. The van der Waals surface area contributed by atoms with Gasteiger partial charge in [0.25, 0.3) is 5.91 Å². The number of halogens is 2. The topological polar surface area (TPSA) is 98.2 Å². The molecule has 7 heteroatoms. The van der Waals surface area contributed by atoms with E-state index >= 15 is 0 Å². The van der Waals surface area contributed by atoms with Gasteiger partial charge in [-0.2, -0.15) is 0 Å². The molecule has 0 fully saturated rings. The monoisotopic (exact) mass is 307 g/mol. The van der Waals surface area contributed by atoms with Crippen LogP contribution < -0.4 is 16.8 Å². The van der Waals surface area contributed by atoms with Crippen LogP contribution in [0, 0.1) is 5.82 Å². The lowest BCUT2D eigenvalue weighted by molar-refractivity contribution is 0.0998. The highest BCUT2D eigenvalue weighted by atomic mass is 35.5. The van der Waals surface area contributed by atoms with Gasteiger partial charge in [-0.25, -0.2) is 4.39 Å². The van der Waals surface area contributed by atoms with E-state index in [-0.39, 0.29) is 21.8 Å². The van der Waals surface area contributed by atoms with Crippen molar-refractivity contribution < 1.29 is 14.0 Å². The van der Waals surface area contributed by atoms with Crippen molar-refractivity contribution in [2.75, 3.05) is 11.1 Å². The van der Waals surface area contributed by atoms with E-state index in [2.05, 4.69) is 5.32 Å². The molecule has 0 saturated carbocycles. The van der Waals surface area contributed by atoms with Gasteiger partial charge in [-0.3, -0.25) is 9.59 Å². The Kier molecular flexibility index (Phi) is 4.09. The number of amides is 2. The van der Waals surface area contributed by atoms with Crippen LogP contribution in [-0.4, -0.2) is 11.8 Å². The lowest BCUT2D eigenvalue weighted by atomic mass is 10.1. The molecule has 0 aliphatic heterocycles. The molecule has 5 N–H and O–H groups in total. The number of anilines is 2. The second kappa shape index (κ2) is 5.80. The summed E-state index contributed by atoms with van der Waals surface area (Å²) >= 11 is 5.87. The Morgan fingerprint density at radius 3 is 2.48 bits per heavy atom. The van der Waals surface area contributed by atoms with E-state index in [0.717, 1.165) is 6.07 Å². The maximum absolute atomic E-state index is 13.3. The predicted octanol–water partition coefficient (Wildman–Crippen LogP) is 2.41. The van der Waals surface area contributed by atoms with Crippen molar-refractivity contribution in [2.45, 2.75) is 0 Å². The van der Waals surface area contributed by atoms with Crippen molar-refractivity contribution in [2.24, 2.45) is 5.73 Å². The van der Waals surface area contributed by atoms with Crippen LogP contribution in [0.25, 0.3) is 0 Å². The fourth-order valence-corrected chi connectivity index (χ4v) is 2.00. The minimum Gasteiger partial charge on any atom is -0.396 e. The summed E-state index contributed by atoms with van der Waals surface area (Å²) in [6.45, 7) is 0. The Morgan fingerprint density at radius 2 is 1.86 bits per heavy atom. The zero-order valence-corrected chi connectivity index (χ0v) is 11.4. The van der Waals surface area contributed by atoms with Crippen molar-refractivity contribution in [3.05, 3.63) is 58.4 Å². The lowest BCUT2D eigenvalue weighted by Crippen LogP contribution is -2.15. The van der Waals surface area contributed by atoms with Crippen LogP contribution in [0.4, 0.5) is 15.8 Å². The molecule has 0 heterocycles. The molecule has 5 nitrogen and oxygen atoms in total. The molecule has 0 aromatic heterocycles. The van der Waals surface area contributed by atoms with E-state index in [1.54, 1.807) is 0 Å². The first-order valence-corrected chi connectivity index (χ1v) is 6.22. The van der Waals surface area contributed by atoms with Gasteiger partial charge in [0.2, 0.25) is 5.91 Å². The average Bonchev–Trinajstić information content (AvgIpc) is 2.41. The number of carbonyl (C=O) groups excluding carboxylic acids is 2.